The summed E-state index contributed by atoms with van der Waals surface area (Å²) in [4.78, 5) is 18.7. The van der Waals surface area contributed by atoms with E-state index in [1.807, 2.05) is 43.3 Å². The number of hydrogen-bond donors (Lipinski definition) is 1. The topological polar surface area (TPSA) is 75.9 Å². The molecule has 0 atom stereocenters. The summed E-state index contributed by atoms with van der Waals surface area (Å²) in [5, 5.41) is 10.6. The lowest BCUT2D eigenvalue weighted by Crippen LogP contribution is -2.24. The fraction of sp³-hybridized carbons (Fsp3) is 0.176. The average molecular weight is 322 g/mol. The van der Waals surface area contributed by atoms with Gasteiger partial charge >= 0.3 is 0 Å². The monoisotopic (exact) mass is 322 g/mol. The van der Waals surface area contributed by atoms with Crippen molar-refractivity contribution in [3.8, 4) is 5.69 Å². The van der Waals surface area contributed by atoms with Crippen LogP contribution in [0.15, 0.2) is 55.0 Å². The number of anilines is 1. The van der Waals surface area contributed by atoms with E-state index in [4.69, 9.17) is 0 Å². The van der Waals surface area contributed by atoms with Crippen LogP contribution in [0.4, 0.5) is 5.82 Å². The van der Waals surface area contributed by atoms with E-state index in [0.29, 0.717) is 12.1 Å². The maximum Gasteiger partial charge on any atom is 0.251 e. The number of pyridine rings is 1. The highest BCUT2D eigenvalue weighted by atomic mass is 16.1. The first-order chi connectivity index (χ1) is 11.6. The van der Waals surface area contributed by atoms with Crippen molar-refractivity contribution in [3.63, 3.8) is 0 Å². The first kappa shape index (κ1) is 15.7. The van der Waals surface area contributed by atoms with Gasteiger partial charge in [-0.25, -0.2) is 9.67 Å². The van der Waals surface area contributed by atoms with Crippen LogP contribution in [0.3, 0.4) is 0 Å². The summed E-state index contributed by atoms with van der Waals surface area (Å²) in [6.45, 7) is 0.410. The summed E-state index contributed by atoms with van der Waals surface area (Å²) >= 11 is 0. The maximum absolute atomic E-state index is 12.4. The molecule has 1 aromatic carbocycles. The van der Waals surface area contributed by atoms with E-state index in [1.165, 1.54) is 0 Å². The highest BCUT2D eigenvalue weighted by Gasteiger charge is 2.10. The van der Waals surface area contributed by atoms with Crippen LogP contribution < -0.4 is 10.2 Å². The third kappa shape index (κ3) is 3.40. The van der Waals surface area contributed by atoms with Crippen molar-refractivity contribution < 1.29 is 4.79 Å². The molecule has 3 aromatic rings. The van der Waals surface area contributed by atoms with Gasteiger partial charge in [0.25, 0.3) is 5.91 Å². The molecular weight excluding hydrogens is 304 g/mol. The lowest BCUT2D eigenvalue weighted by Gasteiger charge is -2.16. The van der Waals surface area contributed by atoms with Gasteiger partial charge in [0.2, 0.25) is 0 Å². The van der Waals surface area contributed by atoms with E-state index in [-0.39, 0.29) is 5.91 Å². The van der Waals surface area contributed by atoms with Crippen molar-refractivity contribution in [3.05, 3.63) is 66.1 Å². The predicted molar refractivity (Wildman–Crippen MR) is 91.1 cm³/mol. The second-order valence-corrected chi connectivity index (χ2v) is 5.46. The SMILES string of the molecule is CN(C)c1ncccc1CNC(=O)c1cccc(-n2ccnn2)c1. The fourth-order valence-corrected chi connectivity index (χ4v) is 2.38. The Morgan fingerprint density at radius 2 is 2.08 bits per heavy atom. The number of benzene rings is 1. The minimum atomic E-state index is -0.148. The van der Waals surface area contributed by atoms with Crippen molar-refractivity contribution in [1.29, 1.82) is 0 Å². The number of rotatable bonds is 5. The van der Waals surface area contributed by atoms with E-state index in [1.54, 1.807) is 35.4 Å². The summed E-state index contributed by atoms with van der Waals surface area (Å²) in [5.41, 5.74) is 2.32. The van der Waals surface area contributed by atoms with Crippen molar-refractivity contribution >= 4 is 11.7 Å². The van der Waals surface area contributed by atoms with Gasteiger partial charge in [-0.05, 0) is 24.3 Å². The van der Waals surface area contributed by atoms with E-state index in [2.05, 4.69) is 20.6 Å². The second kappa shape index (κ2) is 6.91. The van der Waals surface area contributed by atoms with Crippen LogP contribution in [0.2, 0.25) is 0 Å². The molecule has 7 heteroatoms. The van der Waals surface area contributed by atoms with Crippen molar-refractivity contribution in [2.24, 2.45) is 0 Å². The molecule has 2 heterocycles. The summed E-state index contributed by atoms with van der Waals surface area (Å²) < 4.78 is 1.61. The minimum Gasteiger partial charge on any atom is -0.362 e. The van der Waals surface area contributed by atoms with Crippen LogP contribution >= 0.6 is 0 Å². The molecule has 0 unspecified atom stereocenters. The van der Waals surface area contributed by atoms with Crippen LogP contribution in [-0.4, -0.2) is 40.0 Å². The third-order valence-electron chi connectivity index (χ3n) is 3.53. The largest absolute Gasteiger partial charge is 0.362 e. The number of amides is 1. The van der Waals surface area contributed by atoms with E-state index < -0.39 is 0 Å². The number of aromatic nitrogens is 4. The number of carbonyl (C=O) groups is 1. The molecule has 1 N–H and O–H groups in total. The molecular formula is C17H18N6O. The second-order valence-electron chi connectivity index (χ2n) is 5.46. The minimum absolute atomic E-state index is 0.148. The third-order valence-corrected chi connectivity index (χ3v) is 3.53. The predicted octanol–water partition coefficient (Wildman–Crippen LogP) is 1.66. The van der Waals surface area contributed by atoms with E-state index in [0.717, 1.165) is 17.1 Å². The number of carbonyl (C=O) groups excluding carboxylic acids is 1. The molecule has 7 nitrogen and oxygen atoms in total. The first-order valence-electron chi connectivity index (χ1n) is 7.51. The van der Waals surface area contributed by atoms with Crippen LogP contribution in [0.1, 0.15) is 15.9 Å². The molecule has 24 heavy (non-hydrogen) atoms. The lowest BCUT2D eigenvalue weighted by molar-refractivity contribution is 0.0951. The molecule has 1 amide bonds. The Balaban J connectivity index is 1.73. The molecule has 2 aromatic heterocycles. The Labute approximate surface area is 139 Å². The molecule has 122 valence electrons. The number of nitrogens with zero attached hydrogens (tertiary/aromatic N) is 5. The Hall–Kier alpha value is -3.22. The molecule has 0 aliphatic carbocycles. The molecule has 0 aliphatic rings. The van der Waals surface area contributed by atoms with Gasteiger partial charge in [-0.3, -0.25) is 4.79 Å². The molecule has 3 rings (SSSR count). The van der Waals surface area contributed by atoms with Gasteiger partial charge in [0.1, 0.15) is 5.82 Å². The molecule has 0 spiro atoms. The smallest absolute Gasteiger partial charge is 0.251 e. The van der Waals surface area contributed by atoms with Crippen molar-refractivity contribution in [1.82, 2.24) is 25.3 Å². The zero-order chi connectivity index (χ0) is 16.9. The Morgan fingerprint density at radius 3 is 2.83 bits per heavy atom. The van der Waals surface area contributed by atoms with Gasteiger partial charge in [-0.2, -0.15) is 0 Å². The van der Waals surface area contributed by atoms with Gasteiger partial charge < -0.3 is 10.2 Å². The molecule has 0 saturated carbocycles. The van der Waals surface area contributed by atoms with Crippen molar-refractivity contribution in [2.45, 2.75) is 6.54 Å². The van der Waals surface area contributed by atoms with Crippen molar-refractivity contribution in [2.75, 3.05) is 19.0 Å². The molecule has 0 radical (unpaired) electrons. The average Bonchev–Trinajstić information content (AvgIpc) is 3.14. The number of hydrogen-bond acceptors (Lipinski definition) is 5. The van der Waals surface area contributed by atoms with Gasteiger partial charge in [-0.15, -0.1) is 5.10 Å². The maximum atomic E-state index is 12.4. The number of nitrogens with one attached hydrogen (secondary N) is 1. The summed E-state index contributed by atoms with van der Waals surface area (Å²) in [5.74, 6) is 0.694. The standard InChI is InChI=1S/C17H18N6O/c1-22(2)16-14(6-4-8-18-16)12-19-17(24)13-5-3-7-15(11-13)23-10-9-20-21-23/h3-11H,12H2,1-2H3,(H,19,24). The van der Waals surface area contributed by atoms with Crippen LogP contribution in [0, 0.1) is 0 Å². The molecule has 0 aliphatic heterocycles. The van der Waals surface area contributed by atoms with Crippen LogP contribution in [0.5, 0.6) is 0 Å². The summed E-state index contributed by atoms with van der Waals surface area (Å²) in [6.07, 6.45) is 5.07. The summed E-state index contributed by atoms with van der Waals surface area (Å²) in [6, 6.07) is 11.1. The van der Waals surface area contributed by atoms with E-state index in [9.17, 15) is 4.79 Å². The van der Waals surface area contributed by atoms with Crippen LogP contribution in [0.25, 0.3) is 5.69 Å². The zero-order valence-electron chi connectivity index (χ0n) is 13.5. The molecule has 0 saturated heterocycles. The van der Waals surface area contributed by atoms with Gasteiger partial charge in [0.15, 0.2) is 0 Å². The molecule has 0 fully saturated rings. The lowest BCUT2D eigenvalue weighted by atomic mass is 10.1. The quantitative estimate of drug-likeness (QED) is 0.773. The Morgan fingerprint density at radius 1 is 1.21 bits per heavy atom. The highest BCUT2D eigenvalue weighted by molar-refractivity contribution is 5.94. The van der Waals surface area contributed by atoms with E-state index >= 15 is 0 Å². The van der Waals surface area contributed by atoms with Crippen LogP contribution in [-0.2, 0) is 6.54 Å². The van der Waals surface area contributed by atoms with Gasteiger partial charge in [-0.1, -0.05) is 17.3 Å². The zero-order valence-corrected chi connectivity index (χ0v) is 13.5. The summed E-state index contributed by atoms with van der Waals surface area (Å²) in [7, 11) is 3.85. The molecule has 0 bridgehead atoms. The first-order valence-corrected chi connectivity index (χ1v) is 7.51. The Kier molecular flexibility index (Phi) is 4.51. The highest BCUT2D eigenvalue weighted by Crippen LogP contribution is 2.14. The van der Waals surface area contributed by atoms with Gasteiger partial charge in [0.05, 0.1) is 18.1 Å². The van der Waals surface area contributed by atoms with Gasteiger partial charge in [0, 0.05) is 38.0 Å². The normalized spacial score (nSPS) is 10.4. The fourth-order valence-electron chi connectivity index (χ4n) is 2.38. The Bertz CT molecular complexity index is 829.